The Morgan fingerprint density at radius 3 is 1.41 bits per heavy atom. The van der Waals surface area contributed by atoms with Crippen LogP contribution in [0.5, 0.6) is 0 Å². The van der Waals surface area contributed by atoms with Crippen LogP contribution in [0.15, 0.2) is 30.3 Å². The van der Waals surface area contributed by atoms with Gasteiger partial charge < -0.3 is 0 Å². The van der Waals surface area contributed by atoms with E-state index in [0.717, 1.165) is 18.5 Å². The largest absolute Gasteiger partial charge is 0.345 e. The van der Waals surface area contributed by atoms with E-state index in [1.165, 1.54) is 96.3 Å². The molecular weight excluding hydrogens is 354 g/mol. The molecule has 0 aliphatic heterocycles. The first-order chi connectivity index (χ1) is 14.1. The monoisotopic (exact) mass is 402 g/mol. The van der Waals surface area contributed by atoms with E-state index in [1.807, 2.05) is 44.4 Å². The molecule has 0 N–H and O–H groups in total. The number of quaternary nitrogens is 1. The molecule has 0 spiro atoms. The number of amides is 1. The van der Waals surface area contributed by atoms with Crippen LogP contribution in [0.3, 0.4) is 0 Å². The van der Waals surface area contributed by atoms with Crippen molar-refractivity contribution in [3.63, 3.8) is 0 Å². The minimum absolute atomic E-state index is 0.228. The lowest BCUT2D eigenvalue weighted by Crippen LogP contribution is -2.46. The van der Waals surface area contributed by atoms with E-state index in [-0.39, 0.29) is 5.91 Å². The molecule has 1 rings (SSSR count). The van der Waals surface area contributed by atoms with Gasteiger partial charge >= 0.3 is 5.91 Å². The van der Waals surface area contributed by atoms with Gasteiger partial charge in [-0.2, -0.15) is 0 Å². The normalized spacial score (nSPS) is 11.7. The Kier molecular flexibility index (Phi) is 14.8. The maximum absolute atomic E-state index is 12.6. The molecular formula is C27H48NO+. The highest BCUT2D eigenvalue weighted by molar-refractivity contribution is 5.88. The molecule has 0 bridgehead atoms. The van der Waals surface area contributed by atoms with Crippen molar-refractivity contribution in [1.29, 1.82) is 0 Å². The first kappa shape index (κ1) is 25.9. The molecule has 0 fully saturated rings. The number of hydrogen-bond acceptors (Lipinski definition) is 1. The number of benzene rings is 1. The zero-order chi connectivity index (χ0) is 21.2. The average molecular weight is 403 g/mol. The minimum atomic E-state index is 0.228. The second-order valence-corrected chi connectivity index (χ2v) is 9.38. The lowest BCUT2D eigenvalue weighted by molar-refractivity contribution is -0.807. The van der Waals surface area contributed by atoms with E-state index >= 15 is 0 Å². The fourth-order valence-corrected chi connectivity index (χ4v) is 4.09. The first-order valence-electron chi connectivity index (χ1n) is 12.5. The van der Waals surface area contributed by atoms with Crippen LogP contribution in [-0.4, -0.2) is 31.0 Å². The lowest BCUT2D eigenvalue weighted by atomic mass is 10.0. The number of nitrogens with zero attached hydrogens (tertiary/aromatic N) is 1. The molecule has 1 aromatic rings. The minimum Gasteiger partial charge on any atom is -0.261 e. The molecule has 29 heavy (non-hydrogen) atoms. The molecule has 0 saturated carbocycles. The van der Waals surface area contributed by atoms with Crippen molar-refractivity contribution in [3.8, 4) is 0 Å². The smallest absolute Gasteiger partial charge is 0.261 e. The molecule has 0 saturated heterocycles. The Morgan fingerprint density at radius 1 is 0.621 bits per heavy atom. The Balaban J connectivity index is 1.90. The van der Waals surface area contributed by atoms with Gasteiger partial charge in [0.1, 0.15) is 0 Å². The van der Waals surface area contributed by atoms with Gasteiger partial charge in [0.05, 0.1) is 26.2 Å². The molecule has 0 unspecified atom stereocenters. The van der Waals surface area contributed by atoms with Crippen LogP contribution < -0.4 is 0 Å². The van der Waals surface area contributed by atoms with E-state index in [0.29, 0.717) is 4.48 Å². The second kappa shape index (κ2) is 16.6. The molecule has 0 aliphatic rings. The SMILES string of the molecule is CCCCCCCCCCCCCCCCCC[N+](C)(C)C(=O)c1ccccc1. The quantitative estimate of drug-likeness (QED) is 0.179. The van der Waals surface area contributed by atoms with Crippen molar-refractivity contribution in [2.75, 3.05) is 20.6 Å². The molecule has 0 aromatic heterocycles. The summed E-state index contributed by atoms with van der Waals surface area (Å²) in [7, 11) is 4.08. The lowest BCUT2D eigenvalue weighted by Gasteiger charge is -2.26. The van der Waals surface area contributed by atoms with Gasteiger partial charge in [-0.1, -0.05) is 115 Å². The van der Waals surface area contributed by atoms with Gasteiger partial charge in [-0.15, -0.1) is 0 Å². The molecule has 166 valence electrons. The Hall–Kier alpha value is -1.15. The predicted molar refractivity (Wildman–Crippen MR) is 127 cm³/mol. The molecule has 0 aliphatic carbocycles. The summed E-state index contributed by atoms with van der Waals surface area (Å²) in [5.41, 5.74) is 0.828. The summed E-state index contributed by atoms with van der Waals surface area (Å²) < 4.78 is 0.461. The van der Waals surface area contributed by atoms with Gasteiger partial charge in [-0.25, -0.2) is 4.79 Å². The van der Waals surface area contributed by atoms with Crippen LogP contribution in [0.2, 0.25) is 0 Å². The maximum Gasteiger partial charge on any atom is 0.345 e. The molecule has 1 aromatic carbocycles. The van der Waals surface area contributed by atoms with E-state index in [1.54, 1.807) is 0 Å². The second-order valence-electron chi connectivity index (χ2n) is 9.38. The number of rotatable bonds is 18. The fourth-order valence-electron chi connectivity index (χ4n) is 4.09. The zero-order valence-electron chi connectivity index (χ0n) is 19.8. The molecule has 1 amide bonds. The number of hydrogen-bond donors (Lipinski definition) is 0. The van der Waals surface area contributed by atoms with Gasteiger partial charge in [-0.05, 0) is 25.0 Å². The first-order valence-corrected chi connectivity index (χ1v) is 12.5. The van der Waals surface area contributed by atoms with Crippen molar-refractivity contribution in [2.24, 2.45) is 0 Å². The summed E-state index contributed by atoms with van der Waals surface area (Å²) in [6, 6.07) is 9.71. The Morgan fingerprint density at radius 2 is 1.00 bits per heavy atom. The van der Waals surface area contributed by atoms with Crippen LogP contribution in [0.4, 0.5) is 0 Å². The topological polar surface area (TPSA) is 17.1 Å². The third-order valence-corrected chi connectivity index (χ3v) is 6.14. The molecule has 0 radical (unpaired) electrons. The Bertz CT molecular complexity index is 509. The Labute approximate surface area is 181 Å². The highest BCUT2D eigenvalue weighted by Crippen LogP contribution is 2.15. The summed E-state index contributed by atoms with van der Waals surface area (Å²) >= 11 is 0. The highest BCUT2D eigenvalue weighted by atomic mass is 16.2. The van der Waals surface area contributed by atoms with Crippen molar-refractivity contribution in [2.45, 2.75) is 110 Å². The molecule has 0 atom stereocenters. The van der Waals surface area contributed by atoms with Crippen molar-refractivity contribution >= 4 is 5.91 Å². The zero-order valence-corrected chi connectivity index (χ0v) is 19.8. The van der Waals surface area contributed by atoms with Gasteiger partial charge in [0.2, 0.25) is 0 Å². The van der Waals surface area contributed by atoms with Gasteiger partial charge in [-0.3, -0.25) is 4.48 Å². The van der Waals surface area contributed by atoms with Crippen LogP contribution in [-0.2, 0) is 0 Å². The average Bonchev–Trinajstić information content (AvgIpc) is 2.73. The van der Waals surface area contributed by atoms with Crippen molar-refractivity contribution < 1.29 is 9.28 Å². The van der Waals surface area contributed by atoms with Crippen molar-refractivity contribution in [1.82, 2.24) is 0 Å². The summed E-state index contributed by atoms with van der Waals surface area (Å²) in [5.74, 6) is 0.228. The van der Waals surface area contributed by atoms with E-state index in [9.17, 15) is 4.79 Å². The van der Waals surface area contributed by atoms with Gasteiger partial charge in [0.15, 0.2) is 0 Å². The third-order valence-electron chi connectivity index (χ3n) is 6.14. The number of carbonyl (C=O) groups is 1. The van der Waals surface area contributed by atoms with Crippen LogP contribution in [0.25, 0.3) is 0 Å². The molecule has 2 nitrogen and oxygen atoms in total. The van der Waals surface area contributed by atoms with Crippen LogP contribution in [0.1, 0.15) is 120 Å². The maximum atomic E-state index is 12.6. The van der Waals surface area contributed by atoms with E-state index in [4.69, 9.17) is 0 Å². The van der Waals surface area contributed by atoms with Crippen LogP contribution >= 0.6 is 0 Å². The summed E-state index contributed by atoms with van der Waals surface area (Å²) in [6.45, 7) is 3.22. The number of unbranched alkanes of at least 4 members (excludes halogenated alkanes) is 15. The van der Waals surface area contributed by atoms with E-state index < -0.39 is 0 Å². The van der Waals surface area contributed by atoms with Gasteiger partial charge in [0.25, 0.3) is 0 Å². The molecule has 0 heterocycles. The summed E-state index contributed by atoms with van der Waals surface area (Å²) in [5, 5.41) is 0. The standard InChI is InChI=1S/C27H48NO/c1-4-5-6-7-8-9-10-11-12-13-14-15-16-17-18-22-25-28(2,3)27(29)26-23-20-19-21-24-26/h19-21,23-24H,4-18,22,25H2,1-3H3/q+1. The summed E-state index contributed by atoms with van der Waals surface area (Å²) in [4.78, 5) is 12.6. The third kappa shape index (κ3) is 12.9. The van der Waals surface area contributed by atoms with E-state index in [2.05, 4.69) is 6.92 Å². The highest BCUT2D eigenvalue weighted by Gasteiger charge is 2.26. The fraction of sp³-hybridized carbons (Fsp3) is 0.741. The number of carbonyl (C=O) groups excluding carboxylic acids is 1. The van der Waals surface area contributed by atoms with Crippen LogP contribution in [0, 0.1) is 0 Å². The predicted octanol–water partition coefficient (Wildman–Crippen LogP) is 8.16. The molecule has 2 heteroatoms. The summed E-state index contributed by atoms with van der Waals surface area (Å²) in [6.07, 6.45) is 22.2. The van der Waals surface area contributed by atoms with Crippen molar-refractivity contribution in [3.05, 3.63) is 35.9 Å². The van der Waals surface area contributed by atoms with Gasteiger partial charge in [0, 0.05) is 0 Å².